The average Bonchev–Trinajstić information content (AvgIpc) is 3.82. The highest BCUT2D eigenvalue weighted by molar-refractivity contribution is 5.84. The van der Waals surface area contributed by atoms with Gasteiger partial charge in [0.15, 0.2) is 0 Å². The van der Waals surface area contributed by atoms with Crippen molar-refractivity contribution in [3.05, 3.63) is 97.3 Å². The molecule has 0 bridgehead atoms. The number of carbonyl (C=O) groups excluding carboxylic acids is 1. The molecule has 1 saturated heterocycles. The van der Waals surface area contributed by atoms with Crippen LogP contribution >= 0.6 is 0 Å². The van der Waals surface area contributed by atoms with Crippen molar-refractivity contribution in [1.82, 2.24) is 24.4 Å². The van der Waals surface area contributed by atoms with E-state index in [1.807, 2.05) is 79.4 Å². The number of hydrogen-bond donors (Lipinski definition) is 1. The van der Waals surface area contributed by atoms with Crippen molar-refractivity contribution in [3.63, 3.8) is 0 Å². The van der Waals surface area contributed by atoms with Gasteiger partial charge in [0.25, 0.3) is 0 Å². The first kappa shape index (κ1) is 28.0. The highest BCUT2D eigenvalue weighted by atomic mass is 16.5. The van der Waals surface area contributed by atoms with Crippen LogP contribution in [-0.4, -0.2) is 56.8 Å². The first-order valence-corrected chi connectivity index (χ1v) is 14.8. The third kappa shape index (κ3) is 6.23. The Morgan fingerprint density at radius 3 is 2.14 bits per heavy atom. The van der Waals surface area contributed by atoms with Crippen LogP contribution in [0.5, 0.6) is 11.5 Å². The molecule has 8 nitrogen and oxygen atoms in total. The predicted molar refractivity (Wildman–Crippen MR) is 170 cm³/mol. The summed E-state index contributed by atoms with van der Waals surface area (Å²) in [4.78, 5) is 27.0. The molecule has 43 heavy (non-hydrogen) atoms. The van der Waals surface area contributed by atoms with E-state index in [0.29, 0.717) is 19.0 Å². The Morgan fingerprint density at radius 1 is 0.814 bits per heavy atom. The molecule has 5 heterocycles. The molecule has 0 spiro atoms. The summed E-state index contributed by atoms with van der Waals surface area (Å²) < 4.78 is 12.6. The number of fused-ring (bicyclic) bond motifs is 2. The number of aromatic amines is 1. The number of aromatic nitrogens is 4. The van der Waals surface area contributed by atoms with Gasteiger partial charge in [0.1, 0.15) is 23.0 Å². The van der Waals surface area contributed by atoms with Crippen LogP contribution in [0.1, 0.15) is 26.7 Å². The fourth-order valence-electron chi connectivity index (χ4n) is 5.30. The van der Waals surface area contributed by atoms with Gasteiger partial charge in [-0.3, -0.25) is 4.57 Å². The van der Waals surface area contributed by atoms with Gasteiger partial charge in [-0.2, -0.15) is 0 Å². The van der Waals surface area contributed by atoms with Crippen LogP contribution in [0.3, 0.4) is 0 Å². The minimum atomic E-state index is 0.0134. The summed E-state index contributed by atoms with van der Waals surface area (Å²) in [5, 5.41) is 1.13. The van der Waals surface area contributed by atoms with Crippen molar-refractivity contribution in [2.24, 2.45) is 0 Å². The number of likely N-dealkylation sites (tertiary alicyclic amines) is 1. The van der Waals surface area contributed by atoms with Gasteiger partial charge in [-0.05, 0) is 117 Å². The molecule has 0 saturated carbocycles. The van der Waals surface area contributed by atoms with Gasteiger partial charge >= 0.3 is 6.03 Å². The highest BCUT2D eigenvalue weighted by Gasteiger charge is 2.23. The summed E-state index contributed by atoms with van der Waals surface area (Å²) in [6.07, 6.45) is 5.75. The second-order valence-corrected chi connectivity index (χ2v) is 10.3. The normalized spacial score (nSPS) is 12.7. The molecule has 218 valence electrons. The van der Waals surface area contributed by atoms with Gasteiger partial charge in [-0.15, -0.1) is 0 Å². The first-order chi connectivity index (χ1) is 21.1. The monoisotopic (exact) mass is 573 g/mol. The zero-order valence-electron chi connectivity index (χ0n) is 24.5. The third-order valence-electron chi connectivity index (χ3n) is 7.43. The molecule has 1 N–H and O–H groups in total. The van der Waals surface area contributed by atoms with Crippen molar-refractivity contribution >= 4 is 17.1 Å². The molecule has 0 atom stereocenters. The van der Waals surface area contributed by atoms with Gasteiger partial charge in [0.2, 0.25) is 0 Å². The van der Waals surface area contributed by atoms with Crippen LogP contribution in [-0.2, 0) is 0 Å². The van der Waals surface area contributed by atoms with Gasteiger partial charge in [0, 0.05) is 47.7 Å². The quantitative estimate of drug-likeness (QED) is 0.220. The Labute approximate surface area is 251 Å². The molecule has 0 radical (unpaired) electrons. The van der Waals surface area contributed by atoms with E-state index in [4.69, 9.17) is 14.5 Å². The van der Waals surface area contributed by atoms with Crippen LogP contribution < -0.4 is 9.47 Å². The van der Waals surface area contributed by atoms with Crippen molar-refractivity contribution in [2.45, 2.75) is 26.7 Å². The molecular weight excluding hydrogens is 538 g/mol. The van der Waals surface area contributed by atoms with E-state index in [0.717, 1.165) is 76.5 Å². The summed E-state index contributed by atoms with van der Waals surface area (Å²) >= 11 is 0. The lowest BCUT2D eigenvalue weighted by Gasteiger charge is -2.18. The number of benzene rings is 2. The number of H-pyrrole nitrogens is 1. The number of amides is 1. The first-order valence-electron chi connectivity index (χ1n) is 14.8. The molecule has 8 heteroatoms. The highest BCUT2D eigenvalue weighted by Crippen LogP contribution is 2.30. The summed E-state index contributed by atoms with van der Waals surface area (Å²) in [6, 6.07) is 28.0. The van der Waals surface area contributed by atoms with Gasteiger partial charge in [-0.1, -0.05) is 0 Å². The van der Waals surface area contributed by atoms with Crippen LogP contribution in [0.25, 0.3) is 44.9 Å². The second-order valence-electron chi connectivity index (χ2n) is 10.3. The van der Waals surface area contributed by atoms with E-state index in [9.17, 15) is 4.79 Å². The Hall–Kier alpha value is -5.11. The molecule has 4 aromatic rings. The molecule has 7 rings (SSSR count). The van der Waals surface area contributed by atoms with Gasteiger partial charge in [-0.25, -0.2) is 14.8 Å². The fraction of sp³-hybridized carbons (Fsp3) is 0.229. The molecule has 1 amide bonds. The molecule has 1 fully saturated rings. The Bertz CT molecular complexity index is 1730. The summed E-state index contributed by atoms with van der Waals surface area (Å²) in [5.74, 6) is 2.46. The Balaban J connectivity index is 0.000000162. The zero-order valence-corrected chi connectivity index (χ0v) is 24.5. The fourth-order valence-corrected chi connectivity index (χ4v) is 5.30. The maximum atomic E-state index is 12.8. The number of pyridine rings is 2. The third-order valence-corrected chi connectivity index (χ3v) is 7.43. The van der Waals surface area contributed by atoms with Gasteiger partial charge < -0.3 is 19.4 Å². The standard InChI is InChI=1S/C20H21N3O2.C15H14N2O/c1-2-25-17-9-7-15(8-10-17)18-14-16-6-5-13-23(19(16)21-18)20(24)22-11-3-4-12-22;1-2-18-13-7-5-11(6-8-13)14-10-12-4-3-9-16-15(12)17-14/h5-10,13-14H,2-4,11-12H2,1H3;3-10H,2H2,1H3,(H,16,17). The number of rotatable bonds is 6. The van der Waals surface area contributed by atoms with Crippen molar-refractivity contribution in [2.75, 3.05) is 26.3 Å². The SMILES string of the molecule is CCOc1ccc(-c2cc3cccn(C(=O)N4CCCC4)c-3n2)cc1.CCOc1ccc(-c2cc3cccnc3[nH]2)cc1. The number of hydrogen-bond acceptors (Lipinski definition) is 5. The van der Waals surface area contributed by atoms with Crippen LogP contribution in [0.4, 0.5) is 4.79 Å². The van der Waals surface area contributed by atoms with E-state index >= 15 is 0 Å². The number of carbonyl (C=O) groups is 1. The minimum Gasteiger partial charge on any atom is -0.494 e. The van der Waals surface area contributed by atoms with Crippen LogP contribution in [0, 0.1) is 0 Å². The summed E-state index contributed by atoms with van der Waals surface area (Å²) in [6.45, 7) is 6.95. The number of nitrogens with one attached hydrogen (secondary N) is 1. The van der Waals surface area contributed by atoms with Crippen molar-refractivity contribution in [1.29, 1.82) is 0 Å². The largest absolute Gasteiger partial charge is 0.494 e. The van der Waals surface area contributed by atoms with E-state index in [1.54, 1.807) is 17.0 Å². The van der Waals surface area contributed by atoms with Crippen molar-refractivity contribution in [3.8, 4) is 45.4 Å². The maximum Gasteiger partial charge on any atom is 0.329 e. The molecule has 2 aromatic heterocycles. The lowest BCUT2D eigenvalue weighted by Crippen LogP contribution is -2.32. The molecule has 0 aliphatic carbocycles. The Morgan fingerprint density at radius 2 is 1.49 bits per heavy atom. The number of nitrogens with zero attached hydrogens (tertiary/aromatic N) is 4. The molecule has 3 aliphatic heterocycles. The molecule has 2 aromatic carbocycles. The van der Waals surface area contributed by atoms with E-state index < -0.39 is 0 Å². The maximum absolute atomic E-state index is 12.8. The Kier molecular flexibility index (Phi) is 8.35. The lowest BCUT2D eigenvalue weighted by molar-refractivity contribution is 0.210. The smallest absolute Gasteiger partial charge is 0.329 e. The second kappa shape index (κ2) is 12.8. The topological polar surface area (TPSA) is 85.3 Å². The predicted octanol–water partition coefficient (Wildman–Crippen LogP) is 7.75. The van der Waals surface area contributed by atoms with E-state index in [2.05, 4.69) is 34.2 Å². The number of ether oxygens (including phenoxy) is 2. The molecule has 0 unspecified atom stereocenters. The molecule has 3 aliphatic rings. The molecular formula is C35H35N5O3. The zero-order chi connectivity index (χ0) is 29.6. The summed E-state index contributed by atoms with van der Waals surface area (Å²) in [7, 11) is 0. The summed E-state index contributed by atoms with van der Waals surface area (Å²) in [5.41, 5.74) is 5.98. The minimum absolute atomic E-state index is 0.0134. The van der Waals surface area contributed by atoms with Crippen LogP contribution in [0.15, 0.2) is 97.3 Å². The van der Waals surface area contributed by atoms with Gasteiger partial charge in [0.05, 0.1) is 18.9 Å². The lowest BCUT2D eigenvalue weighted by atomic mass is 10.1. The average molecular weight is 574 g/mol. The van der Waals surface area contributed by atoms with Crippen LogP contribution in [0.2, 0.25) is 0 Å². The van der Waals surface area contributed by atoms with E-state index in [-0.39, 0.29) is 6.03 Å². The van der Waals surface area contributed by atoms with Crippen molar-refractivity contribution < 1.29 is 14.3 Å². The van der Waals surface area contributed by atoms with E-state index in [1.165, 1.54) is 0 Å².